The number of benzene rings is 1. The minimum absolute atomic E-state index is 0.0670. The number of ether oxygens (including phenoxy) is 1. The first-order chi connectivity index (χ1) is 8.47. The van der Waals surface area contributed by atoms with Crippen molar-refractivity contribution in [3.63, 3.8) is 0 Å². The van der Waals surface area contributed by atoms with Crippen LogP contribution in [0.2, 0.25) is 0 Å². The molecule has 0 unspecified atom stereocenters. The molecule has 18 heavy (non-hydrogen) atoms. The van der Waals surface area contributed by atoms with Gasteiger partial charge in [0.05, 0.1) is 18.1 Å². The van der Waals surface area contributed by atoms with Crippen molar-refractivity contribution in [2.75, 3.05) is 32.0 Å². The zero-order chi connectivity index (χ0) is 13.2. The average Bonchev–Trinajstić information content (AvgIpc) is 2.28. The summed E-state index contributed by atoms with van der Waals surface area (Å²) in [7, 11) is -3.80. The Morgan fingerprint density at radius 2 is 1.94 bits per heavy atom. The topological polar surface area (TPSA) is 84.7 Å². The van der Waals surface area contributed by atoms with E-state index >= 15 is 0 Å². The van der Waals surface area contributed by atoms with Crippen molar-refractivity contribution >= 4 is 15.7 Å². The molecule has 1 aromatic rings. The molecule has 8 heteroatoms. The highest BCUT2D eigenvalue weighted by Crippen LogP contribution is 2.16. The van der Waals surface area contributed by atoms with E-state index in [1.807, 2.05) is 0 Å². The van der Waals surface area contributed by atoms with E-state index in [1.54, 1.807) is 0 Å². The quantitative estimate of drug-likeness (QED) is 0.755. The maximum absolute atomic E-state index is 13.1. The maximum atomic E-state index is 13.1. The van der Waals surface area contributed by atoms with E-state index < -0.39 is 15.8 Å². The van der Waals surface area contributed by atoms with Crippen LogP contribution in [0.5, 0.6) is 0 Å². The Labute approximate surface area is 105 Å². The summed E-state index contributed by atoms with van der Waals surface area (Å²) in [4.78, 5) is 2.18. The third kappa shape index (κ3) is 3.16. The summed E-state index contributed by atoms with van der Waals surface area (Å²) in [5.74, 6) is -0.683. The third-order valence-corrected chi connectivity index (χ3v) is 3.82. The summed E-state index contributed by atoms with van der Waals surface area (Å²) >= 11 is 0. The zero-order valence-electron chi connectivity index (χ0n) is 9.60. The summed E-state index contributed by atoms with van der Waals surface area (Å²) in [6.07, 6.45) is 0. The minimum Gasteiger partial charge on any atom is -0.399 e. The molecule has 1 heterocycles. The van der Waals surface area contributed by atoms with Gasteiger partial charge in [-0.15, -0.1) is 4.83 Å². The van der Waals surface area contributed by atoms with E-state index in [-0.39, 0.29) is 10.6 Å². The van der Waals surface area contributed by atoms with Gasteiger partial charge in [0.2, 0.25) is 0 Å². The Hall–Kier alpha value is -1.22. The maximum Gasteiger partial charge on any atom is 0.253 e. The van der Waals surface area contributed by atoms with E-state index in [0.29, 0.717) is 26.3 Å². The van der Waals surface area contributed by atoms with Gasteiger partial charge in [-0.05, 0) is 18.2 Å². The second-order valence-electron chi connectivity index (χ2n) is 3.91. The monoisotopic (exact) mass is 275 g/mol. The number of nitrogens with two attached hydrogens (primary N) is 1. The summed E-state index contributed by atoms with van der Waals surface area (Å²) in [5.41, 5.74) is 5.49. The highest BCUT2D eigenvalue weighted by molar-refractivity contribution is 7.89. The van der Waals surface area contributed by atoms with Gasteiger partial charge >= 0.3 is 0 Å². The highest BCUT2D eigenvalue weighted by atomic mass is 32.2. The molecule has 1 fully saturated rings. The zero-order valence-corrected chi connectivity index (χ0v) is 10.4. The molecule has 1 saturated heterocycles. The first kappa shape index (κ1) is 13.2. The first-order valence-corrected chi connectivity index (χ1v) is 6.87. The minimum atomic E-state index is -3.80. The second-order valence-corrected chi connectivity index (χ2v) is 5.58. The molecule has 6 nitrogen and oxygen atoms in total. The molecular formula is C10H14FN3O3S. The lowest BCUT2D eigenvalue weighted by Crippen LogP contribution is -2.48. The predicted octanol–water partition coefficient (Wildman–Crippen LogP) is -0.0666. The molecule has 0 spiro atoms. The van der Waals surface area contributed by atoms with Gasteiger partial charge in [-0.25, -0.2) is 17.8 Å². The first-order valence-electron chi connectivity index (χ1n) is 5.38. The number of hydrazine groups is 1. The molecule has 0 aromatic heterocycles. The van der Waals surface area contributed by atoms with E-state index in [2.05, 4.69) is 4.83 Å². The summed E-state index contributed by atoms with van der Waals surface area (Å²) in [6.45, 7) is 1.80. The number of halogens is 1. The fourth-order valence-corrected chi connectivity index (χ4v) is 2.80. The van der Waals surface area contributed by atoms with E-state index in [9.17, 15) is 12.8 Å². The van der Waals surface area contributed by atoms with Crippen LogP contribution in [0.4, 0.5) is 10.1 Å². The van der Waals surface area contributed by atoms with Crippen LogP contribution < -0.4 is 10.6 Å². The van der Waals surface area contributed by atoms with Crippen molar-refractivity contribution in [1.82, 2.24) is 9.84 Å². The Morgan fingerprint density at radius 3 is 2.56 bits per heavy atom. The van der Waals surface area contributed by atoms with Crippen molar-refractivity contribution in [2.45, 2.75) is 4.90 Å². The molecule has 0 radical (unpaired) electrons. The predicted molar refractivity (Wildman–Crippen MR) is 63.5 cm³/mol. The molecule has 100 valence electrons. The van der Waals surface area contributed by atoms with Gasteiger partial charge in [0.1, 0.15) is 5.82 Å². The number of nitrogens with zero attached hydrogens (tertiary/aromatic N) is 1. The number of hydrogen-bond donors (Lipinski definition) is 2. The van der Waals surface area contributed by atoms with Crippen LogP contribution in [-0.4, -0.2) is 39.7 Å². The number of rotatable bonds is 3. The molecule has 1 aliphatic rings. The van der Waals surface area contributed by atoms with Gasteiger partial charge in [0.15, 0.2) is 0 Å². The number of nitrogens with one attached hydrogen (secondary N) is 1. The van der Waals surface area contributed by atoms with Crippen molar-refractivity contribution in [3.05, 3.63) is 24.0 Å². The van der Waals surface area contributed by atoms with Crippen molar-refractivity contribution in [3.8, 4) is 0 Å². The summed E-state index contributed by atoms with van der Waals surface area (Å²) in [6, 6.07) is 3.21. The molecule has 1 aliphatic heterocycles. The molecule has 0 amide bonds. The molecule has 2 rings (SSSR count). The normalized spacial score (nSPS) is 17.8. The van der Waals surface area contributed by atoms with Gasteiger partial charge in [0.25, 0.3) is 10.0 Å². The van der Waals surface area contributed by atoms with E-state index in [0.717, 1.165) is 12.1 Å². The molecular weight excluding hydrogens is 261 g/mol. The molecule has 0 aliphatic carbocycles. The van der Waals surface area contributed by atoms with Crippen LogP contribution in [0.15, 0.2) is 23.1 Å². The highest BCUT2D eigenvalue weighted by Gasteiger charge is 2.21. The van der Waals surface area contributed by atoms with Crippen LogP contribution in [0.1, 0.15) is 0 Å². The van der Waals surface area contributed by atoms with Gasteiger partial charge in [-0.3, -0.25) is 0 Å². The molecule has 3 N–H and O–H groups in total. The number of nitrogen functional groups attached to an aromatic ring is 1. The molecule has 1 aromatic carbocycles. The smallest absolute Gasteiger partial charge is 0.253 e. The number of sulfonamides is 1. The lowest BCUT2D eigenvalue weighted by Gasteiger charge is -2.26. The van der Waals surface area contributed by atoms with Gasteiger partial charge in [-0.2, -0.15) is 0 Å². The summed E-state index contributed by atoms with van der Waals surface area (Å²) < 4.78 is 42.2. The standard InChI is InChI=1S/C10H14FN3O3S/c11-8-5-9(12)7-10(6-8)18(15,16)13-14-1-3-17-4-2-14/h5-7,13H,1-4,12H2. The van der Waals surface area contributed by atoms with Crippen LogP contribution in [0, 0.1) is 5.82 Å². The van der Waals surface area contributed by atoms with E-state index in [4.69, 9.17) is 10.5 Å². The average molecular weight is 275 g/mol. The lowest BCUT2D eigenvalue weighted by molar-refractivity contribution is 0.0272. The fourth-order valence-electron chi connectivity index (χ4n) is 1.62. The van der Waals surface area contributed by atoms with Crippen LogP contribution in [0.3, 0.4) is 0 Å². The number of morpholine rings is 1. The Balaban J connectivity index is 2.19. The Morgan fingerprint density at radius 1 is 1.28 bits per heavy atom. The Bertz CT molecular complexity index is 509. The molecule has 0 saturated carbocycles. The van der Waals surface area contributed by atoms with Gasteiger partial charge in [-0.1, -0.05) is 0 Å². The second kappa shape index (κ2) is 5.19. The van der Waals surface area contributed by atoms with Crippen LogP contribution >= 0.6 is 0 Å². The van der Waals surface area contributed by atoms with Crippen LogP contribution in [-0.2, 0) is 14.8 Å². The van der Waals surface area contributed by atoms with Crippen LogP contribution in [0.25, 0.3) is 0 Å². The number of anilines is 1. The largest absolute Gasteiger partial charge is 0.399 e. The van der Waals surface area contributed by atoms with Crippen molar-refractivity contribution in [1.29, 1.82) is 0 Å². The van der Waals surface area contributed by atoms with Gasteiger partial charge in [0, 0.05) is 18.8 Å². The third-order valence-electron chi connectivity index (χ3n) is 2.46. The SMILES string of the molecule is Nc1cc(F)cc(S(=O)(=O)NN2CCOCC2)c1. The van der Waals surface area contributed by atoms with Crippen molar-refractivity contribution in [2.24, 2.45) is 0 Å². The number of hydrogen-bond acceptors (Lipinski definition) is 5. The Kier molecular flexibility index (Phi) is 3.81. The van der Waals surface area contributed by atoms with E-state index in [1.165, 1.54) is 11.1 Å². The fraction of sp³-hybridized carbons (Fsp3) is 0.400. The molecule has 0 bridgehead atoms. The molecule has 0 atom stereocenters. The summed E-state index contributed by atoms with van der Waals surface area (Å²) in [5, 5.41) is 1.51. The lowest BCUT2D eigenvalue weighted by atomic mass is 10.3. The van der Waals surface area contributed by atoms with Gasteiger partial charge < -0.3 is 10.5 Å². The van der Waals surface area contributed by atoms with Crippen molar-refractivity contribution < 1.29 is 17.5 Å².